The highest BCUT2D eigenvalue weighted by Gasteiger charge is 2.37. The second-order valence-electron chi connectivity index (χ2n) is 5.68. The Labute approximate surface area is 132 Å². The topological polar surface area (TPSA) is 66.4 Å². The van der Waals surface area contributed by atoms with E-state index in [2.05, 4.69) is 5.32 Å². The van der Waals surface area contributed by atoms with Crippen LogP contribution in [0, 0.1) is 5.41 Å². The van der Waals surface area contributed by atoms with Crippen LogP contribution in [0.15, 0.2) is 18.2 Å². The van der Waals surface area contributed by atoms with E-state index in [0.717, 1.165) is 29.7 Å². The van der Waals surface area contributed by atoms with Crippen molar-refractivity contribution >= 4 is 17.6 Å². The highest BCUT2D eigenvalue weighted by atomic mass is 16.4. The first-order chi connectivity index (χ1) is 10.4. The molecule has 0 aliphatic heterocycles. The van der Waals surface area contributed by atoms with Crippen LogP contribution in [0.3, 0.4) is 0 Å². The Hall–Kier alpha value is -1.84. The predicted octanol–water partition coefficient (Wildman–Crippen LogP) is 4.03. The zero-order valence-corrected chi connectivity index (χ0v) is 14.0. The van der Waals surface area contributed by atoms with E-state index in [0.29, 0.717) is 12.8 Å². The van der Waals surface area contributed by atoms with E-state index in [1.54, 1.807) is 0 Å². The molecule has 4 nitrogen and oxygen atoms in total. The fraction of sp³-hybridized carbons (Fsp3) is 0.556. The first-order valence-corrected chi connectivity index (χ1v) is 8.08. The summed E-state index contributed by atoms with van der Waals surface area (Å²) in [5.41, 5.74) is 2.05. The maximum atomic E-state index is 12.4. The lowest BCUT2D eigenvalue weighted by Crippen LogP contribution is -2.34. The van der Waals surface area contributed by atoms with E-state index in [-0.39, 0.29) is 12.3 Å². The van der Waals surface area contributed by atoms with Crippen molar-refractivity contribution in [2.75, 3.05) is 5.32 Å². The molecule has 0 fully saturated rings. The van der Waals surface area contributed by atoms with Crippen molar-refractivity contribution in [3.8, 4) is 0 Å². The summed E-state index contributed by atoms with van der Waals surface area (Å²) < 4.78 is 0. The Morgan fingerprint density at radius 3 is 1.91 bits per heavy atom. The second kappa shape index (κ2) is 7.97. The molecule has 1 rings (SSSR count). The summed E-state index contributed by atoms with van der Waals surface area (Å²) in [5, 5.41) is 12.4. The van der Waals surface area contributed by atoms with Gasteiger partial charge in [-0.25, -0.2) is 0 Å². The Balaban J connectivity index is 3.00. The molecule has 0 aromatic heterocycles. The molecule has 1 aromatic carbocycles. The molecule has 0 radical (unpaired) electrons. The molecule has 0 saturated carbocycles. The lowest BCUT2D eigenvalue weighted by Gasteiger charge is -2.26. The molecule has 22 heavy (non-hydrogen) atoms. The smallest absolute Gasteiger partial charge is 0.310 e. The van der Waals surface area contributed by atoms with Gasteiger partial charge in [0, 0.05) is 12.1 Å². The van der Waals surface area contributed by atoms with Crippen LogP contribution >= 0.6 is 0 Å². The summed E-state index contributed by atoms with van der Waals surface area (Å²) in [6, 6.07) is 5.99. The van der Waals surface area contributed by atoms with Gasteiger partial charge in [-0.2, -0.15) is 0 Å². The van der Waals surface area contributed by atoms with E-state index < -0.39 is 11.4 Å². The minimum Gasteiger partial charge on any atom is -0.481 e. The molecule has 4 heteroatoms. The van der Waals surface area contributed by atoms with Gasteiger partial charge < -0.3 is 10.4 Å². The maximum Gasteiger partial charge on any atom is 0.310 e. The summed E-state index contributed by atoms with van der Waals surface area (Å²) in [5.74, 6) is -1.12. The largest absolute Gasteiger partial charge is 0.481 e. The van der Waals surface area contributed by atoms with Crippen LogP contribution in [-0.2, 0) is 22.4 Å². The number of anilines is 1. The van der Waals surface area contributed by atoms with Crippen molar-refractivity contribution in [2.45, 2.75) is 59.8 Å². The van der Waals surface area contributed by atoms with E-state index >= 15 is 0 Å². The number of hydrogen-bond donors (Lipinski definition) is 2. The van der Waals surface area contributed by atoms with Crippen molar-refractivity contribution < 1.29 is 14.7 Å². The van der Waals surface area contributed by atoms with Gasteiger partial charge in [0.2, 0.25) is 5.91 Å². The first-order valence-electron chi connectivity index (χ1n) is 8.08. The molecule has 0 aliphatic rings. The van der Waals surface area contributed by atoms with Crippen LogP contribution in [0.2, 0.25) is 0 Å². The minimum atomic E-state index is -0.975. The number of rotatable bonds is 8. The number of aliphatic carboxylic acids is 1. The van der Waals surface area contributed by atoms with Crippen LogP contribution in [-0.4, -0.2) is 17.0 Å². The number of para-hydroxylation sites is 1. The summed E-state index contributed by atoms with van der Waals surface area (Å²) in [7, 11) is 0. The lowest BCUT2D eigenvalue weighted by atomic mass is 9.79. The van der Waals surface area contributed by atoms with Crippen molar-refractivity contribution in [1.82, 2.24) is 0 Å². The van der Waals surface area contributed by atoms with Gasteiger partial charge in [-0.05, 0) is 36.8 Å². The monoisotopic (exact) mass is 305 g/mol. The predicted molar refractivity (Wildman–Crippen MR) is 89.1 cm³/mol. The first kappa shape index (κ1) is 18.2. The summed E-state index contributed by atoms with van der Waals surface area (Å²) in [6.45, 7) is 7.73. The normalized spacial score (nSPS) is 11.3. The van der Waals surface area contributed by atoms with Gasteiger partial charge in [-0.1, -0.05) is 45.9 Å². The Bertz CT molecular complexity index is 511. The number of carbonyl (C=O) groups excluding carboxylic acids is 1. The number of hydrogen-bond acceptors (Lipinski definition) is 2. The fourth-order valence-electron chi connectivity index (χ4n) is 2.77. The third kappa shape index (κ3) is 3.87. The summed E-state index contributed by atoms with van der Waals surface area (Å²) in [4.78, 5) is 23.9. The Kier molecular flexibility index (Phi) is 6.60. The van der Waals surface area contributed by atoms with E-state index in [1.807, 2.05) is 45.9 Å². The zero-order valence-electron chi connectivity index (χ0n) is 14.0. The van der Waals surface area contributed by atoms with Gasteiger partial charge >= 0.3 is 5.97 Å². The minimum absolute atomic E-state index is 0.0105. The molecule has 0 heterocycles. The van der Waals surface area contributed by atoms with Gasteiger partial charge in [-0.15, -0.1) is 0 Å². The van der Waals surface area contributed by atoms with Gasteiger partial charge in [0.15, 0.2) is 0 Å². The van der Waals surface area contributed by atoms with Crippen molar-refractivity contribution in [2.24, 2.45) is 5.41 Å². The van der Waals surface area contributed by atoms with Gasteiger partial charge in [0.1, 0.15) is 0 Å². The molecule has 0 bridgehead atoms. The summed E-state index contributed by atoms with van der Waals surface area (Å²) in [6.07, 6.45) is 2.56. The fourth-order valence-corrected chi connectivity index (χ4v) is 2.77. The molecular weight excluding hydrogens is 278 g/mol. The SMILES string of the molecule is CCc1cccc(CC)c1NC(=O)CC(CC)(CC)C(=O)O. The van der Waals surface area contributed by atoms with Crippen molar-refractivity contribution in [3.63, 3.8) is 0 Å². The van der Waals surface area contributed by atoms with Crippen molar-refractivity contribution in [3.05, 3.63) is 29.3 Å². The molecule has 0 aliphatic carbocycles. The van der Waals surface area contributed by atoms with Crippen LogP contribution in [0.1, 0.15) is 58.1 Å². The van der Waals surface area contributed by atoms with Crippen LogP contribution in [0.5, 0.6) is 0 Å². The van der Waals surface area contributed by atoms with Crippen LogP contribution in [0.4, 0.5) is 5.69 Å². The number of carboxylic acids is 1. The molecule has 2 N–H and O–H groups in total. The zero-order chi connectivity index (χ0) is 16.8. The number of aryl methyl sites for hydroxylation is 2. The molecular formula is C18H27NO3. The van der Waals surface area contributed by atoms with Crippen LogP contribution in [0.25, 0.3) is 0 Å². The van der Waals surface area contributed by atoms with Gasteiger partial charge in [0.05, 0.1) is 5.41 Å². The number of carbonyl (C=O) groups is 2. The summed E-state index contributed by atoms with van der Waals surface area (Å²) >= 11 is 0. The number of benzene rings is 1. The molecule has 0 atom stereocenters. The van der Waals surface area contributed by atoms with Gasteiger partial charge in [0.25, 0.3) is 0 Å². The third-order valence-electron chi connectivity index (χ3n) is 4.57. The highest BCUT2D eigenvalue weighted by molar-refractivity contribution is 5.95. The molecule has 0 unspecified atom stereocenters. The molecule has 0 saturated heterocycles. The van der Waals surface area contributed by atoms with Crippen LogP contribution < -0.4 is 5.32 Å². The Morgan fingerprint density at radius 2 is 1.55 bits per heavy atom. The molecule has 1 amide bonds. The van der Waals surface area contributed by atoms with E-state index in [4.69, 9.17) is 0 Å². The average Bonchev–Trinajstić information content (AvgIpc) is 2.52. The lowest BCUT2D eigenvalue weighted by molar-refractivity contribution is -0.151. The molecule has 0 spiro atoms. The highest BCUT2D eigenvalue weighted by Crippen LogP contribution is 2.32. The second-order valence-corrected chi connectivity index (χ2v) is 5.68. The molecule has 122 valence electrons. The van der Waals surface area contributed by atoms with E-state index in [9.17, 15) is 14.7 Å². The Morgan fingerprint density at radius 1 is 1.05 bits per heavy atom. The third-order valence-corrected chi connectivity index (χ3v) is 4.57. The average molecular weight is 305 g/mol. The molecule has 1 aromatic rings. The van der Waals surface area contributed by atoms with Crippen molar-refractivity contribution in [1.29, 1.82) is 0 Å². The maximum absolute atomic E-state index is 12.4. The quantitative estimate of drug-likeness (QED) is 0.762. The van der Waals surface area contributed by atoms with E-state index in [1.165, 1.54) is 0 Å². The number of carboxylic acid groups (broad SMARTS) is 1. The standard InChI is InChI=1S/C18H27NO3/c1-5-13-10-9-11-14(6-2)16(13)19-15(20)12-18(7-3,8-4)17(21)22/h9-11H,5-8,12H2,1-4H3,(H,19,20)(H,21,22). The number of amides is 1. The number of nitrogens with one attached hydrogen (secondary N) is 1. The van der Waals surface area contributed by atoms with Gasteiger partial charge in [-0.3, -0.25) is 9.59 Å².